The van der Waals surface area contributed by atoms with Gasteiger partial charge in [0.05, 0.1) is 15.7 Å². The lowest BCUT2D eigenvalue weighted by Crippen LogP contribution is -1.81. The van der Waals surface area contributed by atoms with E-state index in [2.05, 4.69) is 25.9 Å². The number of benzene rings is 1. The Hall–Kier alpha value is -0.940. The molecule has 2 heterocycles. The normalized spacial score (nSPS) is 10.8. The number of aromatic nitrogens is 2. The Kier molecular flexibility index (Phi) is 4.08. The molecule has 0 aliphatic rings. The Bertz CT molecular complexity index is 773. The molecule has 0 spiro atoms. The highest BCUT2D eigenvalue weighted by atomic mass is 79.9. The Morgan fingerprint density at radius 3 is 2.60 bits per heavy atom. The van der Waals surface area contributed by atoms with Crippen LogP contribution in [-0.4, -0.2) is 9.97 Å². The molecule has 2 aromatic heterocycles. The molecule has 6 heteroatoms. The SMILES string of the molecule is Clc1ccc(-c2csc(-c3cncc(Br)c3)n2)cc1Cl. The molecule has 0 radical (unpaired) electrons. The lowest BCUT2D eigenvalue weighted by molar-refractivity contribution is 1.30. The summed E-state index contributed by atoms with van der Waals surface area (Å²) in [5.74, 6) is 0. The molecule has 0 saturated heterocycles. The molecule has 0 N–H and O–H groups in total. The Balaban J connectivity index is 1.99. The summed E-state index contributed by atoms with van der Waals surface area (Å²) in [6, 6.07) is 7.50. The zero-order valence-electron chi connectivity index (χ0n) is 9.98. The molecule has 0 saturated carbocycles. The summed E-state index contributed by atoms with van der Waals surface area (Å²) in [6.45, 7) is 0. The predicted molar refractivity (Wildman–Crippen MR) is 88.5 cm³/mol. The predicted octanol–water partition coefficient (Wildman–Crippen LogP) is 5.94. The van der Waals surface area contributed by atoms with Gasteiger partial charge in [-0.05, 0) is 34.1 Å². The smallest absolute Gasteiger partial charge is 0.125 e. The first-order valence-electron chi connectivity index (χ1n) is 5.65. The highest BCUT2D eigenvalue weighted by Crippen LogP contribution is 2.32. The molecule has 0 atom stereocenters. The molecule has 0 unspecified atom stereocenters. The van der Waals surface area contributed by atoms with Crippen LogP contribution in [0.5, 0.6) is 0 Å². The zero-order chi connectivity index (χ0) is 14.1. The van der Waals surface area contributed by atoms with Gasteiger partial charge < -0.3 is 0 Å². The fourth-order valence-electron chi connectivity index (χ4n) is 1.72. The van der Waals surface area contributed by atoms with E-state index in [1.165, 1.54) is 0 Å². The van der Waals surface area contributed by atoms with Crippen LogP contribution in [0.4, 0.5) is 0 Å². The van der Waals surface area contributed by atoms with Crippen LogP contribution in [-0.2, 0) is 0 Å². The third-order valence-electron chi connectivity index (χ3n) is 2.67. The van der Waals surface area contributed by atoms with Crippen LogP contribution in [0.2, 0.25) is 10.0 Å². The lowest BCUT2D eigenvalue weighted by atomic mass is 10.2. The molecule has 0 fully saturated rings. The number of hydrogen-bond acceptors (Lipinski definition) is 3. The molecular weight excluding hydrogens is 379 g/mol. The summed E-state index contributed by atoms with van der Waals surface area (Å²) in [4.78, 5) is 8.77. The van der Waals surface area contributed by atoms with Crippen LogP contribution < -0.4 is 0 Å². The van der Waals surface area contributed by atoms with Gasteiger partial charge in [0.1, 0.15) is 5.01 Å². The quantitative estimate of drug-likeness (QED) is 0.545. The second-order valence-electron chi connectivity index (χ2n) is 4.06. The number of hydrogen-bond donors (Lipinski definition) is 0. The van der Waals surface area contributed by atoms with E-state index in [0.717, 1.165) is 26.3 Å². The van der Waals surface area contributed by atoms with Crippen LogP contribution in [0, 0.1) is 0 Å². The third-order valence-corrected chi connectivity index (χ3v) is 4.74. The van der Waals surface area contributed by atoms with Gasteiger partial charge in [0.2, 0.25) is 0 Å². The van der Waals surface area contributed by atoms with Crippen molar-refractivity contribution in [2.24, 2.45) is 0 Å². The van der Waals surface area contributed by atoms with Crippen molar-refractivity contribution >= 4 is 50.5 Å². The van der Waals surface area contributed by atoms with Gasteiger partial charge >= 0.3 is 0 Å². The second-order valence-corrected chi connectivity index (χ2v) is 6.65. The summed E-state index contributed by atoms with van der Waals surface area (Å²) in [6.07, 6.45) is 3.54. The molecule has 1 aromatic carbocycles. The fourth-order valence-corrected chi connectivity index (χ4v) is 3.20. The molecule has 0 bridgehead atoms. The molecule has 100 valence electrons. The highest BCUT2D eigenvalue weighted by Gasteiger charge is 2.09. The maximum atomic E-state index is 6.04. The van der Waals surface area contributed by atoms with Crippen molar-refractivity contribution in [1.29, 1.82) is 0 Å². The topological polar surface area (TPSA) is 25.8 Å². The van der Waals surface area contributed by atoms with Gasteiger partial charge in [0.15, 0.2) is 0 Å². The number of halogens is 3. The monoisotopic (exact) mass is 384 g/mol. The van der Waals surface area contributed by atoms with Crippen LogP contribution in [0.15, 0.2) is 46.5 Å². The largest absolute Gasteiger partial charge is 0.263 e. The molecule has 0 aliphatic carbocycles. The first-order chi connectivity index (χ1) is 9.63. The van der Waals surface area contributed by atoms with Gasteiger partial charge in [0.25, 0.3) is 0 Å². The molecule has 20 heavy (non-hydrogen) atoms. The van der Waals surface area contributed by atoms with E-state index in [1.54, 1.807) is 29.8 Å². The van der Waals surface area contributed by atoms with Crippen molar-refractivity contribution in [3.8, 4) is 21.8 Å². The van der Waals surface area contributed by atoms with Crippen LogP contribution in [0.25, 0.3) is 21.8 Å². The number of thiazole rings is 1. The van der Waals surface area contributed by atoms with Gasteiger partial charge in [-0.2, -0.15) is 0 Å². The van der Waals surface area contributed by atoms with E-state index >= 15 is 0 Å². The van der Waals surface area contributed by atoms with Gasteiger partial charge in [0, 0.05) is 33.4 Å². The van der Waals surface area contributed by atoms with E-state index in [-0.39, 0.29) is 0 Å². The number of rotatable bonds is 2. The Morgan fingerprint density at radius 2 is 1.85 bits per heavy atom. The van der Waals surface area contributed by atoms with E-state index in [9.17, 15) is 0 Å². The maximum Gasteiger partial charge on any atom is 0.125 e. The van der Waals surface area contributed by atoms with Gasteiger partial charge in [-0.3, -0.25) is 4.98 Å². The highest BCUT2D eigenvalue weighted by molar-refractivity contribution is 9.10. The number of nitrogens with zero attached hydrogens (tertiary/aromatic N) is 2. The molecule has 2 nitrogen and oxygen atoms in total. The first kappa shape index (κ1) is 14.0. The molecular formula is C14H7BrCl2N2S. The lowest BCUT2D eigenvalue weighted by Gasteiger charge is -2.00. The Morgan fingerprint density at radius 1 is 1.00 bits per heavy atom. The first-order valence-corrected chi connectivity index (χ1v) is 8.08. The van der Waals surface area contributed by atoms with Crippen molar-refractivity contribution in [1.82, 2.24) is 9.97 Å². The van der Waals surface area contributed by atoms with Gasteiger partial charge in [-0.25, -0.2) is 4.98 Å². The zero-order valence-corrected chi connectivity index (χ0v) is 13.9. The van der Waals surface area contributed by atoms with Crippen molar-refractivity contribution < 1.29 is 0 Å². The van der Waals surface area contributed by atoms with Crippen molar-refractivity contribution in [3.63, 3.8) is 0 Å². The summed E-state index contributed by atoms with van der Waals surface area (Å²) in [7, 11) is 0. The summed E-state index contributed by atoms with van der Waals surface area (Å²) in [5, 5.41) is 3.99. The number of pyridine rings is 1. The van der Waals surface area contributed by atoms with E-state index < -0.39 is 0 Å². The third kappa shape index (κ3) is 2.88. The van der Waals surface area contributed by atoms with Gasteiger partial charge in [-0.1, -0.05) is 29.3 Å². The van der Waals surface area contributed by atoms with Crippen molar-refractivity contribution in [2.45, 2.75) is 0 Å². The van der Waals surface area contributed by atoms with Gasteiger partial charge in [-0.15, -0.1) is 11.3 Å². The minimum Gasteiger partial charge on any atom is -0.263 e. The minimum atomic E-state index is 0.530. The van der Waals surface area contributed by atoms with E-state index in [4.69, 9.17) is 23.2 Å². The minimum absolute atomic E-state index is 0.530. The van der Waals surface area contributed by atoms with Crippen molar-refractivity contribution in [3.05, 3.63) is 56.6 Å². The summed E-state index contributed by atoms with van der Waals surface area (Å²) < 4.78 is 0.932. The molecule has 0 aliphatic heterocycles. The second kappa shape index (κ2) is 5.82. The average Bonchev–Trinajstić information content (AvgIpc) is 2.92. The van der Waals surface area contributed by atoms with E-state index in [0.29, 0.717) is 10.0 Å². The Labute approximate surface area is 138 Å². The van der Waals surface area contributed by atoms with Crippen molar-refractivity contribution in [2.75, 3.05) is 0 Å². The molecule has 0 amide bonds. The van der Waals surface area contributed by atoms with Crippen LogP contribution >= 0.6 is 50.5 Å². The van der Waals surface area contributed by atoms with E-state index in [1.807, 2.05) is 23.6 Å². The molecule has 3 rings (SSSR count). The maximum absolute atomic E-state index is 6.04. The van der Waals surface area contributed by atoms with Crippen LogP contribution in [0.3, 0.4) is 0 Å². The fraction of sp³-hybridized carbons (Fsp3) is 0. The summed E-state index contributed by atoms with van der Waals surface area (Å²) >= 11 is 16.9. The average molecular weight is 386 g/mol. The molecule has 3 aromatic rings. The van der Waals surface area contributed by atoms with Crippen LogP contribution in [0.1, 0.15) is 0 Å². The summed E-state index contributed by atoms with van der Waals surface area (Å²) in [5.41, 5.74) is 2.81. The standard InChI is InChI=1S/C14H7BrCl2N2S/c15-10-3-9(5-18-6-10)14-19-13(7-20-14)8-1-2-11(16)12(17)4-8/h1-7H.